The third-order valence-corrected chi connectivity index (χ3v) is 7.59. The number of fused-ring (bicyclic) bond motifs is 4. The van der Waals surface area contributed by atoms with E-state index in [1.165, 1.54) is 6.33 Å². The Morgan fingerprint density at radius 2 is 1.95 bits per heavy atom. The maximum Gasteiger partial charge on any atom is 0.184 e. The highest BCUT2D eigenvalue weighted by Crippen LogP contribution is 2.56. The lowest BCUT2D eigenvalue weighted by molar-refractivity contribution is -0.249. The first-order valence-corrected chi connectivity index (χ1v) is 13.2. The van der Waals surface area contributed by atoms with Gasteiger partial charge in [-0.2, -0.15) is 0 Å². The first-order valence-electron chi connectivity index (χ1n) is 12.8. The Hall–Kier alpha value is -3.38. The van der Waals surface area contributed by atoms with E-state index >= 15 is 0 Å². The summed E-state index contributed by atoms with van der Waals surface area (Å²) in [5.74, 6) is 0.508. The van der Waals surface area contributed by atoms with Crippen LogP contribution in [0.15, 0.2) is 48.1 Å². The van der Waals surface area contributed by atoms with Crippen LogP contribution in [0.3, 0.4) is 0 Å². The van der Waals surface area contributed by atoms with Crippen LogP contribution in [0, 0.1) is 0 Å². The molecule has 5 heterocycles. The van der Waals surface area contributed by atoms with Gasteiger partial charge in [-0.15, -0.1) is 0 Å². The first kappa shape index (κ1) is 24.6. The molecule has 202 valence electrons. The molecule has 1 aromatic carbocycles. The van der Waals surface area contributed by atoms with Crippen molar-refractivity contribution in [1.82, 2.24) is 29.4 Å². The average Bonchev–Trinajstić information content (AvgIpc) is 3.52. The molecule has 3 aliphatic rings. The minimum Gasteiger partial charge on any atom is -0.490 e. The fraction of sp³-hybridized carbons (Fsp3) is 0.444. The second kappa shape index (κ2) is 8.82. The zero-order valence-electron chi connectivity index (χ0n) is 22.0. The van der Waals surface area contributed by atoms with E-state index < -0.39 is 17.6 Å². The summed E-state index contributed by atoms with van der Waals surface area (Å²) in [4.78, 5) is 24.1. The van der Waals surface area contributed by atoms with Crippen molar-refractivity contribution < 1.29 is 18.9 Å². The van der Waals surface area contributed by atoms with Crippen molar-refractivity contribution in [3.8, 4) is 5.75 Å². The Kier molecular flexibility index (Phi) is 5.57. The van der Waals surface area contributed by atoms with E-state index in [2.05, 4.69) is 24.9 Å². The normalized spacial score (nSPS) is 29.4. The third kappa shape index (κ3) is 4.20. The summed E-state index contributed by atoms with van der Waals surface area (Å²) in [6, 6.07) is 7.73. The van der Waals surface area contributed by atoms with Gasteiger partial charge in [0, 0.05) is 44.6 Å². The van der Waals surface area contributed by atoms with Crippen LogP contribution < -0.4 is 4.74 Å². The van der Waals surface area contributed by atoms with E-state index in [1.807, 2.05) is 61.7 Å². The molecule has 2 saturated heterocycles. The number of rotatable bonds is 5. The molecular weight excluding hydrogens is 522 g/mol. The third-order valence-electron chi connectivity index (χ3n) is 7.38. The molecule has 0 radical (unpaired) electrons. The Labute approximate surface area is 229 Å². The van der Waals surface area contributed by atoms with Gasteiger partial charge in [-0.3, -0.25) is 9.55 Å². The minimum atomic E-state index is -0.742. The zero-order valence-corrected chi connectivity index (χ0v) is 22.7. The molecule has 0 amide bonds. The van der Waals surface area contributed by atoms with Gasteiger partial charge in [0.1, 0.15) is 36.0 Å². The molecule has 7 rings (SSSR count). The fourth-order valence-corrected chi connectivity index (χ4v) is 5.91. The molecule has 11 nitrogen and oxygen atoms in total. The van der Waals surface area contributed by atoms with Gasteiger partial charge in [-0.25, -0.2) is 19.9 Å². The van der Waals surface area contributed by atoms with Crippen LogP contribution in [0.25, 0.3) is 22.1 Å². The SMILES string of the molecule is CN(C)C=Nc1ncnc2c1ncn2[C@@H]1OC2(CC(Oc3ccc4cc(Cl)cnc4c3)C2)[C@H]2OC(C)(C)O[C@@H]12. The molecule has 3 fully saturated rings. The topological polar surface area (TPSA) is 109 Å². The van der Waals surface area contributed by atoms with Gasteiger partial charge in [0.2, 0.25) is 0 Å². The lowest BCUT2D eigenvalue weighted by atomic mass is 9.73. The largest absolute Gasteiger partial charge is 0.490 e. The molecular formula is C27H28ClN7O4. The number of halogens is 1. The number of pyridine rings is 1. The van der Waals surface area contributed by atoms with Gasteiger partial charge < -0.3 is 23.8 Å². The molecule has 12 heteroatoms. The van der Waals surface area contributed by atoms with Crippen molar-refractivity contribution in [2.24, 2.45) is 4.99 Å². The van der Waals surface area contributed by atoms with Crippen LogP contribution in [0.5, 0.6) is 5.75 Å². The molecule has 1 aliphatic carbocycles. The number of imidazole rings is 1. The zero-order chi connectivity index (χ0) is 26.9. The second-order valence-corrected chi connectivity index (χ2v) is 11.4. The Balaban J connectivity index is 1.15. The average molecular weight is 550 g/mol. The standard InChI is InChI=1S/C27H28ClN7O4/c1-26(2)37-21-22(38-26)27(9-18(10-27)36-17-6-5-15-7-16(28)11-29-19(15)8-17)39-25(21)35-14-32-20-23(33-13-34(3)4)30-12-31-24(20)35/h5-8,11-14,18,21-22,25H,9-10H2,1-4H3/t18?,21-,22+,25-,27?/m1/s1. The predicted octanol–water partition coefficient (Wildman–Crippen LogP) is 4.28. The number of benzene rings is 1. The Bertz CT molecular complexity index is 1600. The molecule has 2 aliphatic heterocycles. The number of aromatic nitrogens is 5. The van der Waals surface area contributed by atoms with E-state index in [0.29, 0.717) is 34.8 Å². The summed E-state index contributed by atoms with van der Waals surface area (Å²) >= 11 is 6.07. The highest BCUT2D eigenvalue weighted by Gasteiger charge is 2.68. The van der Waals surface area contributed by atoms with Crippen LogP contribution in [0.1, 0.15) is 32.9 Å². The summed E-state index contributed by atoms with van der Waals surface area (Å²) < 4.78 is 27.8. The van der Waals surface area contributed by atoms with Crippen molar-refractivity contribution in [2.75, 3.05) is 14.1 Å². The van der Waals surface area contributed by atoms with E-state index in [1.54, 1.807) is 18.9 Å². The maximum atomic E-state index is 6.75. The van der Waals surface area contributed by atoms with Crippen LogP contribution >= 0.6 is 11.6 Å². The second-order valence-electron chi connectivity index (χ2n) is 11.0. The minimum absolute atomic E-state index is 0.0321. The van der Waals surface area contributed by atoms with Gasteiger partial charge in [-0.1, -0.05) is 11.6 Å². The molecule has 4 aromatic rings. The summed E-state index contributed by atoms with van der Waals surface area (Å²) in [5.41, 5.74) is 1.50. The molecule has 1 saturated carbocycles. The monoisotopic (exact) mass is 549 g/mol. The van der Waals surface area contributed by atoms with Gasteiger partial charge in [0.05, 0.1) is 23.2 Å². The van der Waals surface area contributed by atoms with E-state index in [-0.39, 0.29) is 18.3 Å². The smallest absolute Gasteiger partial charge is 0.184 e. The summed E-state index contributed by atoms with van der Waals surface area (Å²) in [6.07, 6.45) is 6.74. The quantitative estimate of drug-likeness (QED) is 0.266. The highest BCUT2D eigenvalue weighted by atomic mass is 35.5. The van der Waals surface area contributed by atoms with Crippen LogP contribution in [0.4, 0.5) is 5.82 Å². The number of aliphatic imine (C=N–C) groups is 1. The molecule has 3 atom stereocenters. The number of hydrogen-bond donors (Lipinski definition) is 0. The van der Waals surface area contributed by atoms with Crippen molar-refractivity contribution in [1.29, 1.82) is 0 Å². The van der Waals surface area contributed by atoms with Crippen molar-refractivity contribution in [3.05, 3.63) is 48.1 Å². The van der Waals surface area contributed by atoms with E-state index in [4.69, 9.17) is 30.5 Å². The van der Waals surface area contributed by atoms with Gasteiger partial charge in [-0.05, 0) is 32.0 Å². The fourth-order valence-electron chi connectivity index (χ4n) is 5.75. The molecule has 0 bridgehead atoms. The Morgan fingerprint density at radius 1 is 1.10 bits per heavy atom. The summed E-state index contributed by atoms with van der Waals surface area (Å²) in [6.45, 7) is 3.86. The van der Waals surface area contributed by atoms with Gasteiger partial charge in [0.25, 0.3) is 0 Å². The molecule has 1 spiro atoms. The number of ether oxygens (including phenoxy) is 4. The van der Waals surface area contributed by atoms with E-state index in [9.17, 15) is 0 Å². The molecule has 39 heavy (non-hydrogen) atoms. The molecule has 0 N–H and O–H groups in total. The summed E-state index contributed by atoms with van der Waals surface area (Å²) in [7, 11) is 3.79. The van der Waals surface area contributed by atoms with Crippen molar-refractivity contribution in [3.63, 3.8) is 0 Å². The molecule has 3 aromatic heterocycles. The number of hydrogen-bond acceptors (Lipinski definition) is 9. The maximum absolute atomic E-state index is 6.75. The lowest BCUT2D eigenvalue weighted by Gasteiger charge is -2.46. The lowest BCUT2D eigenvalue weighted by Crippen LogP contribution is -2.57. The van der Waals surface area contributed by atoms with E-state index in [0.717, 1.165) is 16.7 Å². The molecule has 0 unspecified atom stereocenters. The predicted molar refractivity (Wildman–Crippen MR) is 144 cm³/mol. The van der Waals surface area contributed by atoms with Crippen molar-refractivity contribution in [2.45, 2.75) is 62.6 Å². The van der Waals surface area contributed by atoms with Gasteiger partial charge >= 0.3 is 0 Å². The highest BCUT2D eigenvalue weighted by molar-refractivity contribution is 6.31. The van der Waals surface area contributed by atoms with Crippen LogP contribution in [-0.2, 0) is 14.2 Å². The first-order chi connectivity index (χ1) is 18.7. The number of nitrogens with zero attached hydrogens (tertiary/aromatic N) is 7. The Morgan fingerprint density at radius 3 is 2.77 bits per heavy atom. The summed E-state index contributed by atoms with van der Waals surface area (Å²) in [5, 5.41) is 1.58. The van der Waals surface area contributed by atoms with Crippen LogP contribution in [0.2, 0.25) is 5.02 Å². The van der Waals surface area contributed by atoms with Gasteiger partial charge in [0.15, 0.2) is 29.0 Å². The van der Waals surface area contributed by atoms with Crippen LogP contribution in [-0.4, -0.2) is 79.5 Å². The van der Waals surface area contributed by atoms with Crippen molar-refractivity contribution >= 4 is 45.8 Å².